The maximum atomic E-state index is 11.8. The van der Waals surface area contributed by atoms with Crippen LogP contribution in [0.3, 0.4) is 0 Å². The highest BCUT2D eigenvalue weighted by molar-refractivity contribution is 7.82. The fraction of sp³-hybridized carbons (Fsp3) is 0.312. The predicted octanol–water partition coefficient (Wildman–Crippen LogP) is 2.63. The van der Waals surface area contributed by atoms with Crippen LogP contribution in [-0.4, -0.2) is 31.9 Å². The third kappa shape index (κ3) is 2.87. The zero-order valence-corrected chi connectivity index (χ0v) is 13.8. The summed E-state index contributed by atoms with van der Waals surface area (Å²) in [7, 11) is 0. The lowest BCUT2D eigenvalue weighted by atomic mass is 9.71. The molecule has 0 fully saturated rings. The topological polar surface area (TPSA) is 98.4 Å². The monoisotopic (exact) mass is 347 g/mol. The minimum absolute atomic E-state index is 0.00237. The van der Waals surface area contributed by atoms with Gasteiger partial charge in [-0.15, -0.1) is 0 Å². The number of nitrogens with zero attached hydrogens (tertiary/aromatic N) is 1. The third-order valence-electron chi connectivity index (χ3n) is 3.90. The number of nitriles is 1. The fourth-order valence-corrected chi connectivity index (χ4v) is 3.84. The van der Waals surface area contributed by atoms with Gasteiger partial charge < -0.3 is 10.2 Å². The molecule has 0 spiro atoms. The van der Waals surface area contributed by atoms with Gasteiger partial charge in [0.1, 0.15) is 0 Å². The summed E-state index contributed by atoms with van der Waals surface area (Å²) < 4.78 is 0. The van der Waals surface area contributed by atoms with E-state index in [-0.39, 0.29) is 28.0 Å². The number of carboxylic acid groups (broad SMARTS) is 2. The normalized spacial score (nSPS) is 21.8. The number of allylic oxidation sites excluding steroid dienone is 3. The number of thiocarbonyl (C=S) groups is 2. The van der Waals surface area contributed by atoms with Crippen molar-refractivity contribution in [1.82, 2.24) is 0 Å². The second-order valence-electron chi connectivity index (χ2n) is 5.36. The first-order valence-corrected chi connectivity index (χ1v) is 7.68. The van der Waals surface area contributed by atoms with Gasteiger partial charge in [0.2, 0.25) is 0 Å². The van der Waals surface area contributed by atoms with E-state index in [0.717, 1.165) is 0 Å². The van der Waals surface area contributed by atoms with E-state index < -0.39 is 23.8 Å². The van der Waals surface area contributed by atoms with Crippen LogP contribution in [0.5, 0.6) is 0 Å². The standard InChI is InChI=1S/C16H13NO4S2/c1-7(5-6-17)10-12(15(18)19)8-3-2-4-9(22)11(8)14(23)13(10)16(20)21/h2-3,7,11H,4-5H2,1H3,(H,18,19)(H,20,21). The maximum Gasteiger partial charge on any atom is 0.337 e. The summed E-state index contributed by atoms with van der Waals surface area (Å²) in [5.74, 6) is -3.74. The summed E-state index contributed by atoms with van der Waals surface area (Å²) >= 11 is 10.6. The van der Waals surface area contributed by atoms with E-state index in [1.54, 1.807) is 19.1 Å². The molecule has 0 aliphatic heterocycles. The van der Waals surface area contributed by atoms with E-state index in [0.29, 0.717) is 16.9 Å². The highest BCUT2D eigenvalue weighted by atomic mass is 32.1. The van der Waals surface area contributed by atoms with Crippen molar-refractivity contribution >= 4 is 46.1 Å². The lowest BCUT2D eigenvalue weighted by Gasteiger charge is -2.33. The molecule has 2 atom stereocenters. The second kappa shape index (κ2) is 6.52. The molecule has 7 heteroatoms. The van der Waals surface area contributed by atoms with Crippen molar-refractivity contribution in [3.63, 3.8) is 0 Å². The van der Waals surface area contributed by atoms with E-state index in [9.17, 15) is 19.8 Å². The average molecular weight is 347 g/mol. The van der Waals surface area contributed by atoms with Crippen molar-refractivity contribution in [3.05, 3.63) is 34.4 Å². The number of rotatable bonds is 4. The average Bonchev–Trinajstić information content (AvgIpc) is 2.46. The maximum absolute atomic E-state index is 11.8. The van der Waals surface area contributed by atoms with E-state index in [4.69, 9.17) is 29.7 Å². The highest BCUT2D eigenvalue weighted by Crippen LogP contribution is 2.41. The molecule has 0 aromatic heterocycles. The molecule has 5 nitrogen and oxygen atoms in total. The summed E-state index contributed by atoms with van der Waals surface area (Å²) in [6, 6.07) is 1.95. The molecular formula is C16H13NO4S2. The van der Waals surface area contributed by atoms with Crippen LogP contribution >= 0.6 is 24.4 Å². The molecule has 0 amide bonds. The molecule has 0 heterocycles. The van der Waals surface area contributed by atoms with Crippen LogP contribution in [0.1, 0.15) is 19.8 Å². The van der Waals surface area contributed by atoms with E-state index in [2.05, 4.69) is 0 Å². The summed E-state index contributed by atoms with van der Waals surface area (Å²) in [5.41, 5.74) is 0.231. The van der Waals surface area contributed by atoms with Gasteiger partial charge in [0.15, 0.2) is 0 Å². The largest absolute Gasteiger partial charge is 0.478 e. The Morgan fingerprint density at radius 1 is 1.35 bits per heavy atom. The van der Waals surface area contributed by atoms with Crippen molar-refractivity contribution in [3.8, 4) is 6.07 Å². The molecule has 2 aliphatic rings. The molecule has 0 radical (unpaired) electrons. The number of carboxylic acids is 2. The van der Waals surface area contributed by atoms with Gasteiger partial charge in [0, 0.05) is 16.1 Å². The Labute approximate surface area is 143 Å². The van der Waals surface area contributed by atoms with Gasteiger partial charge in [-0.3, -0.25) is 0 Å². The molecule has 2 unspecified atom stereocenters. The molecule has 0 aromatic carbocycles. The summed E-state index contributed by atoms with van der Waals surface area (Å²) in [4.78, 5) is 24.2. The minimum Gasteiger partial charge on any atom is -0.478 e. The van der Waals surface area contributed by atoms with Crippen molar-refractivity contribution in [2.45, 2.75) is 19.8 Å². The zero-order valence-electron chi connectivity index (χ0n) is 12.2. The van der Waals surface area contributed by atoms with E-state index >= 15 is 0 Å². The van der Waals surface area contributed by atoms with Gasteiger partial charge in [0.25, 0.3) is 0 Å². The summed E-state index contributed by atoms with van der Waals surface area (Å²) in [6.45, 7) is 1.62. The second-order valence-corrected chi connectivity index (χ2v) is 6.33. The number of aliphatic carboxylic acids is 2. The van der Waals surface area contributed by atoms with Crippen LogP contribution in [0.2, 0.25) is 0 Å². The highest BCUT2D eigenvalue weighted by Gasteiger charge is 2.41. The van der Waals surface area contributed by atoms with Crippen LogP contribution in [0.15, 0.2) is 34.4 Å². The van der Waals surface area contributed by atoms with Gasteiger partial charge in [-0.1, -0.05) is 43.5 Å². The number of hydrogen-bond acceptors (Lipinski definition) is 5. The Morgan fingerprint density at radius 3 is 2.48 bits per heavy atom. The minimum atomic E-state index is -1.29. The van der Waals surface area contributed by atoms with Crippen LogP contribution in [0.25, 0.3) is 0 Å². The molecule has 0 saturated heterocycles. The molecule has 2 aliphatic carbocycles. The lowest BCUT2D eigenvalue weighted by molar-refractivity contribution is -0.132. The van der Waals surface area contributed by atoms with E-state index in [1.807, 2.05) is 6.07 Å². The Hall–Kier alpha value is -2.17. The van der Waals surface area contributed by atoms with Gasteiger partial charge in [-0.2, -0.15) is 5.26 Å². The van der Waals surface area contributed by atoms with Crippen LogP contribution in [-0.2, 0) is 9.59 Å². The fourth-order valence-electron chi connectivity index (χ4n) is 2.95. The molecule has 118 valence electrons. The SMILES string of the molecule is CC(CC#N)C1=C(C(=O)O)C(=S)C2C(=S)CC=CC2=C1C(=O)O. The zero-order chi connectivity index (χ0) is 17.3. The summed E-state index contributed by atoms with van der Waals surface area (Å²) in [5, 5.41) is 28.1. The number of fused-ring (bicyclic) bond motifs is 1. The Bertz CT molecular complexity index is 767. The Balaban J connectivity index is 2.85. The molecule has 2 N–H and O–H groups in total. The van der Waals surface area contributed by atoms with E-state index in [1.165, 1.54) is 0 Å². The molecule has 0 aromatic rings. The quantitative estimate of drug-likeness (QED) is 0.754. The Morgan fingerprint density at radius 2 is 1.96 bits per heavy atom. The molecule has 23 heavy (non-hydrogen) atoms. The molecule has 0 saturated carbocycles. The van der Waals surface area contributed by atoms with Crippen LogP contribution in [0, 0.1) is 23.2 Å². The third-order valence-corrected chi connectivity index (χ3v) is 4.75. The lowest BCUT2D eigenvalue weighted by Crippen LogP contribution is -2.36. The first kappa shape index (κ1) is 17.2. The van der Waals surface area contributed by atoms with Gasteiger partial charge >= 0.3 is 11.9 Å². The molecule has 2 rings (SSSR count). The number of hydrogen-bond donors (Lipinski definition) is 2. The first-order valence-electron chi connectivity index (χ1n) is 6.86. The summed E-state index contributed by atoms with van der Waals surface area (Å²) in [6.07, 6.45) is 3.84. The van der Waals surface area contributed by atoms with Crippen molar-refractivity contribution in [1.29, 1.82) is 5.26 Å². The van der Waals surface area contributed by atoms with Gasteiger partial charge in [-0.25, -0.2) is 9.59 Å². The smallest absolute Gasteiger partial charge is 0.337 e. The first-order chi connectivity index (χ1) is 10.8. The molecular weight excluding hydrogens is 334 g/mol. The van der Waals surface area contributed by atoms with Gasteiger partial charge in [0.05, 0.1) is 23.1 Å². The van der Waals surface area contributed by atoms with Crippen molar-refractivity contribution < 1.29 is 19.8 Å². The number of carbonyl (C=O) groups is 2. The van der Waals surface area contributed by atoms with Gasteiger partial charge in [-0.05, 0) is 23.5 Å². The van der Waals surface area contributed by atoms with Crippen LogP contribution < -0.4 is 0 Å². The molecule has 0 bridgehead atoms. The van der Waals surface area contributed by atoms with Crippen molar-refractivity contribution in [2.75, 3.05) is 0 Å². The van der Waals surface area contributed by atoms with Crippen LogP contribution in [0.4, 0.5) is 0 Å². The van der Waals surface area contributed by atoms with Crippen molar-refractivity contribution in [2.24, 2.45) is 11.8 Å². The predicted molar refractivity (Wildman–Crippen MR) is 91.2 cm³/mol. The Kier molecular flexibility index (Phi) is 4.88.